The normalized spacial score (nSPS) is 14.5. The molecule has 0 bridgehead atoms. The zero-order valence-corrected chi connectivity index (χ0v) is 9.09. The van der Waals surface area contributed by atoms with E-state index in [1.807, 2.05) is 6.92 Å². The molecule has 1 rings (SSSR count). The largest absolute Gasteiger partial charge is 0.339 e. The lowest BCUT2D eigenvalue weighted by Crippen LogP contribution is -2.15. The maximum Gasteiger partial charge on any atom is 0.230 e. The fourth-order valence-corrected chi connectivity index (χ4v) is 0.957. The van der Waals surface area contributed by atoms with Crippen LogP contribution in [-0.4, -0.2) is 10.1 Å². The van der Waals surface area contributed by atoms with Crippen LogP contribution in [0.4, 0.5) is 0 Å². The van der Waals surface area contributed by atoms with Gasteiger partial charge in [-0.15, -0.1) is 0 Å². The predicted octanol–water partition coefficient (Wildman–Crippen LogP) is 2.78. The maximum absolute atomic E-state index is 5.18. The molecule has 1 atom stereocenters. The highest BCUT2D eigenvalue weighted by Crippen LogP contribution is 2.33. The van der Waals surface area contributed by atoms with Gasteiger partial charge in [-0.3, -0.25) is 0 Å². The summed E-state index contributed by atoms with van der Waals surface area (Å²) in [7, 11) is 0. The first-order valence-corrected chi connectivity index (χ1v) is 4.77. The Balaban J connectivity index is 2.83. The van der Waals surface area contributed by atoms with Crippen molar-refractivity contribution in [2.45, 2.75) is 47.0 Å². The molecule has 0 aliphatic rings. The van der Waals surface area contributed by atoms with Gasteiger partial charge >= 0.3 is 0 Å². The summed E-state index contributed by atoms with van der Waals surface area (Å²) in [5, 5.41) is 3.88. The highest BCUT2D eigenvalue weighted by atomic mass is 16.5. The van der Waals surface area contributed by atoms with E-state index in [1.54, 1.807) is 0 Å². The van der Waals surface area contributed by atoms with Crippen LogP contribution >= 0.6 is 0 Å². The molecular formula is C10H18N2O. The summed E-state index contributed by atoms with van der Waals surface area (Å²) in [5.74, 6) is 1.86. The topological polar surface area (TPSA) is 38.9 Å². The SMILES string of the molecule is CCc1noc(C(C)C(C)(C)C)n1. The number of hydrogen-bond acceptors (Lipinski definition) is 3. The van der Waals surface area contributed by atoms with Gasteiger partial charge in [0.2, 0.25) is 5.89 Å². The first-order chi connectivity index (χ1) is 5.95. The van der Waals surface area contributed by atoms with E-state index < -0.39 is 0 Å². The van der Waals surface area contributed by atoms with Crippen molar-refractivity contribution >= 4 is 0 Å². The summed E-state index contributed by atoms with van der Waals surface area (Å²) in [6.45, 7) is 10.7. The van der Waals surface area contributed by atoms with E-state index in [1.165, 1.54) is 0 Å². The van der Waals surface area contributed by atoms with Crippen molar-refractivity contribution in [1.29, 1.82) is 0 Å². The van der Waals surface area contributed by atoms with Crippen LogP contribution in [0.1, 0.15) is 52.3 Å². The van der Waals surface area contributed by atoms with Crippen molar-refractivity contribution in [1.82, 2.24) is 10.1 Å². The molecule has 0 amide bonds. The predicted molar refractivity (Wildman–Crippen MR) is 51.5 cm³/mol. The van der Waals surface area contributed by atoms with Crippen LogP contribution in [0.15, 0.2) is 4.52 Å². The Kier molecular flexibility index (Phi) is 2.74. The third kappa shape index (κ3) is 2.29. The molecule has 0 saturated carbocycles. The molecule has 3 heteroatoms. The van der Waals surface area contributed by atoms with Gasteiger partial charge in [0.25, 0.3) is 0 Å². The molecule has 0 aliphatic carbocycles. The van der Waals surface area contributed by atoms with E-state index in [2.05, 4.69) is 37.8 Å². The third-order valence-electron chi connectivity index (χ3n) is 2.47. The lowest BCUT2D eigenvalue weighted by Gasteiger charge is -2.23. The Morgan fingerprint density at radius 2 is 2.00 bits per heavy atom. The van der Waals surface area contributed by atoms with Crippen LogP contribution in [0.2, 0.25) is 0 Å². The lowest BCUT2D eigenvalue weighted by atomic mass is 9.82. The number of aryl methyl sites for hydroxylation is 1. The van der Waals surface area contributed by atoms with E-state index in [0.717, 1.165) is 18.1 Å². The summed E-state index contributed by atoms with van der Waals surface area (Å²) in [6.07, 6.45) is 0.834. The van der Waals surface area contributed by atoms with Crippen molar-refractivity contribution in [3.63, 3.8) is 0 Å². The fourth-order valence-electron chi connectivity index (χ4n) is 0.957. The molecule has 0 saturated heterocycles. The van der Waals surface area contributed by atoms with Gasteiger partial charge in [0.15, 0.2) is 5.82 Å². The van der Waals surface area contributed by atoms with Crippen molar-refractivity contribution in [2.75, 3.05) is 0 Å². The van der Waals surface area contributed by atoms with E-state index >= 15 is 0 Å². The van der Waals surface area contributed by atoms with E-state index in [4.69, 9.17) is 4.52 Å². The zero-order valence-electron chi connectivity index (χ0n) is 9.09. The average Bonchev–Trinajstić information content (AvgIpc) is 2.48. The molecule has 0 aliphatic heterocycles. The molecule has 0 radical (unpaired) electrons. The summed E-state index contributed by atoms with van der Waals surface area (Å²) >= 11 is 0. The first kappa shape index (κ1) is 10.2. The minimum absolute atomic E-state index is 0.178. The highest BCUT2D eigenvalue weighted by Gasteiger charge is 2.26. The Morgan fingerprint density at radius 3 is 2.38 bits per heavy atom. The lowest BCUT2D eigenvalue weighted by molar-refractivity contribution is 0.261. The number of aromatic nitrogens is 2. The van der Waals surface area contributed by atoms with Crippen LogP contribution in [0.5, 0.6) is 0 Å². The molecule has 0 N–H and O–H groups in total. The Labute approximate surface area is 79.5 Å². The van der Waals surface area contributed by atoms with Crippen molar-refractivity contribution in [2.24, 2.45) is 5.41 Å². The van der Waals surface area contributed by atoms with E-state index in [0.29, 0.717) is 5.92 Å². The minimum atomic E-state index is 0.178. The van der Waals surface area contributed by atoms with Gasteiger partial charge in [-0.25, -0.2) is 0 Å². The molecule has 0 spiro atoms. The van der Waals surface area contributed by atoms with E-state index in [9.17, 15) is 0 Å². The second-order valence-electron chi connectivity index (χ2n) is 4.49. The van der Waals surface area contributed by atoms with Crippen LogP contribution in [0, 0.1) is 5.41 Å². The Bertz CT molecular complexity index is 273. The van der Waals surface area contributed by atoms with Gasteiger partial charge in [-0.05, 0) is 5.41 Å². The highest BCUT2D eigenvalue weighted by molar-refractivity contribution is 4.96. The monoisotopic (exact) mass is 182 g/mol. The second-order valence-corrected chi connectivity index (χ2v) is 4.49. The smallest absolute Gasteiger partial charge is 0.230 e. The molecular weight excluding hydrogens is 164 g/mol. The molecule has 1 heterocycles. The standard InChI is InChI=1S/C10H18N2O/c1-6-8-11-9(13-12-8)7(2)10(3,4)5/h7H,6H2,1-5H3. The van der Waals surface area contributed by atoms with Crippen LogP contribution in [0.3, 0.4) is 0 Å². The van der Waals surface area contributed by atoms with Gasteiger partial charge in [-0.1, -0.05) is 39.8 Å². The summed E-state index contributed by atoms with van der Waals surface area (Å²) in [5.41, 5.74) is 0.178. The zero-order chi connectivity index (χ0) is 10.1. The van der Waals surface area contributed by atoms with E-state index in [-0.39, 0.29) is 5.41 Å². The van der Waals surface area contributed by atoms with Gasteiger partial charge in [0.05, 0.1) is 0 Å². The van der Waals surface area contributed by atoms with Crippen LogP contribution < -0.4 is 0 Å². The molecule has 1 aromatic rings. The minimum Gasteiger partial charge on any atom is -0.339 e. The number of rotatable bonds is 2. The Hall–Kier alpha value is -0.860. The molecule has 3 nitrogen and oxygen atoms in total. The van der Waals surface area contributed by atoms with Gasteiger partial charge in [-0.2, -0.15) is 4.98 Å². The number of nitrogens with zero attached hydrogens (tertiary/aromatic N) is 2. The Morgan fingerprint density at radius 1 is 1.38 bits per heavy atom. The first-order valence-electron chi connectivity index (χ1n) is 4.77. The summed E-state index contributed by atoms with van der Waals surface area (Å²) in [6, 6.07) is 0. The summed E-state index contributed by atoms with van der Waals surface area (Å²) in [4.78, 5) is 4.32. The van der Waals surface area contributed by atoms with Crippen LogP contribution in [0.25, 0.3) is 0 Å². The summed E-state index contributed by atoms with van der Waals surface area (Å²) < 4.78 is 5.18. The van der Waals surface area contributed by atoms with Gasteiger partial charge < -0.3 is 4.52 Å². The molecule has 0 fully saturated rings. The van der Waals surface area contributed by atoms with Crippen molar-refractivity contribution < 1.29 is 4.52 Å². The molecule has 1 unspecified atom stereocenters. The maximum atomic E-state index is 5.18. The second kappa shape index (κ2) is 3.48. The van der Waals surface area contributed by atoms with Crippen molar-refractivity contribution in [3.05, 3.63) is 11.7 Å². The molecule has 13 heavy (non-hydrogen) atoms. The van der Waals surface area contributed by atoms with Gasteiger partial charge in [0, 0.05) is 12.3 Å². The number of hydrogen-bond donors (Lipinski definition) is 0. The molecule has 74 valence electrons. The quantitative estimate of drug-likeness (QED) is 0.706. The average molecular weight is 182 g/mol. The van der Waals surface area contributed by atoms with Gasteiger partial charge in [0.1, 0.15) is 0 Å². The van der Waals surface area contributed by atoms with Crippen LogP contribution in [-0.2, 0) is 6.42 Å². The third-order valence-corrected chi connectivity index (χ3v) is 2.47. The van der Waals surface area contributed by atoms with Crippen molar-refractivity contribution in [3.8, 4) is 0 Å². The molecule has 0 aromatic carbocycles. The fraction of sp³-hybridized carbons (Fsp3) is 0.800. The molecule has 1 aromatic heterocycles.